The van der Waals surface area contributed by atoms with Crippen LogP contribution in [0.1, 0.15) is 74.9 Å². The number of fused-ring (bicyclic) bond motifs is 1. The molecule has 0 aliphatic carbocycles. The standard InChI is InChI=1S/C39H39N3O/c1-37(2,27-16-10-7-11-17-27)30-22-23-33-34(25-30)41-42(40-33)35-26-31(38(3,4)28-18-12-8-13-19-28)24-32(36(35)43)39(5,6)29-20-14-9-15-21-29/h7-26,43H,1-6H3. The summed E-state index contributed by atoms with van der Waals surface area (Å²) in [6.07, 6.45) is 0. The van der Waals surface area contributed by atoms with E-state index in [1.54, 1.807) is 4.80 Å². The third-order valence-electron chi connectivity index (χ3n) is 9.29. The van der Waals surface area contributed by atoms with Crippen LogP contribution in [-0.2, 0) is 16.2 Å². The van der Waals surface area contributed by atoms with Crippen LogP contribution in [0.25, 0.3) is 16.7 Å². The van der Waals surface area contributed by atoms with Gasteiger partial charge in [0.05, 0.1) is 0 Å². The van der Waals surface area contributed by atoms with E-state index in [2.05, 4.69) is 120 Å². The molecule has 5 aromatic carbocycles. The molecule has 6 aromatic rings. The largest absolute Gasteiger partial charge is 0.505 e. The number of rotatable bonds is 7. The molecule has 0 unspecified atom stereocenters. The summed E-state index contributed by atoms with van der Waals surface area (Å²) in [7, 11) is 0. The summed E-state index contributed by atoms with van der Waals surface area (Å²) in [5.41, 5.74) is 7.77. The van der Waals surface area contributed by atoms with Crippen molar-refractivity contribution in [1.82, 2.24) is 15.0 Å². The van der Waals surface area contributed by atoms with Gasteiger partial charge in [-0.25, -0.2) is 0 Å². The molecular weight excluding hydrogens is 526 g/mol. The molecule has 0 spiro atoms. The number of phenols is 1. The van der Waals surface area contributed by atoms with E-state index in [-0.39, 0.29) is 16.6 Å². The number of phenolic OH excluding ortho intramolecular Hbond substituents is 1. The van der Waals surface area contributed by atoms with Crippen LogP contribution in [0.5, 0.6) is 5.75 Å². The maximum atomic E-state index is 12.0. The zero-order valence-electron chi connectivity index (χ0n) is 25.8. The van der Waals surface area contributed by atoms with E-state index in [9.17, 15) is 5.11 Å². The zero-order valence-corrected chi connectivity index (χ0v) is 25.8. The molecule has 0 saturated heterocycles. The average Bonchev–Trinajstić information content (AvgIpc) is 3.45. The Morgan fingerprint density at radius 1 is 0.465 bits per heavy atom. The molecule has 0 amide bonds. The van der Waals surface area contributed by atoms with E-state index in [1.165, 1.54) is 11.1 Å². The SMILES string of the molecule is CC(C)(c1ccccc1)c1cc(-n2nc3ccc(C(C)(C)c4ccccc4)cc3n2)c(O)c(C(C)(C)c2ccccc2)c1. The van der Waals surface area contributed by atoms with Crippen molar-refractivity contribution in [3.8, 4) is 11.4 Å². The Morgan fingerprint density at radius 3 is 1.47 bits per heavy atom. The zero-order chi connectivity index (χ0) is 30.4. The summed E-state index contributed by atoms with van der Waals surface area (Å²) in [6.45, 7) is 13.2. The number of nitrogens with zero attached hydrogens (tertiary/aromatic N) is 3. The fourth-order valence-electron chi connectivity index (χ4n) is 6.07. The third kappa shape index (κ3) is 5.01. The van der Waals surface area contributed by atoms with Gasteiger partial charge in [0.2, 0.25) is 0 Å². The van der Waals surface area contributed by atoms with Gasteiger partial charge in [0.15, 0.2) is 0 Å². The summed E-state index contributed by atoms with van der Waals surface area (Å²) in [6, 6.07) is 41.8. The fraction of sp³-hybridized carbons (Fsp3) is 0.231. The van der Waals surface area contributed by atoms with Crippen LogP contribution >= 0.6 is 0 Å². The lowest BCUT2D eigenvalue weighted by molar-refractivity contribution is 0.445. The highest BCUT2D eigenvalue weighted by molar-refractivity contribution is 5.76. The molecule has 43 heavy (non-hydrogen) atoms. The molecule has 0 bridgehead atoms. The summed E-state index contributed by atoms with van der Waals surface area (Å²) in [5, 5.41) is 21.8. The van der Waals surface area contributed by atoms with Gasteiger partial charge in [-0.2, -0.15) is 0 Å². The van der Waals surface area contributed by atoms with E-state index < -0.39 is 5.41 Å². The first-order valence-corrected chi connectivity index (χ1v) is 14.9. The highest BCUT2D eigenvalue weighted by Crippen LogP contribution is 2.44. The van der Waals surface area contributed by atoms with Gasteiger partial charge < -0.3 is 5.11 Å². The minimum atomic E-state index is -0.470. The minimum Gasteiger partial charge on any atom is -0.505 e. The average molecular weight is 566 g/mol. The van der Waals surface area contributed by atoms with Gasteiger partial charge in [0.25, 0.3) is 0 Å². The number of hydrogen-bond donors (Lipinski definition) is 1. The molecule has 0 atom stereocenters. The Morgan fingerprint density at radius 2 is 0.930 bits per heavy atom. The second-order valence-corrected chi connectivity index (χ2v) is 13.1. The van der Waals surface area contributed by atoms with Gasteiger partial charge >= 0.3 is 0 Å². The number of aromatic nitrogens is 3. The van der Waals surface area contributed by atoms with Crippen LogP contribution in [0.4, 0.5) is 0 Å². The van der Waals surface area contributed by atoms with E-state index in [4.69, 9.17) is 10.2 Å². The maximum absolute atomic E-state index is 12.0. The second kappa shape index (κ2) is 10.5. The number of aromatic hydroxyl groups is 1. The molecule has 4 nitrogen and oxygen atoms in total. The second-order valence-electron chi connectivity index (χ2n) is 13.1. The van der Waals surface area contributed by atoms with Gasteiger partial charge in [-0.3, -0.25) is 0 Å². The van der Waals surface area contributed by atoms with E-state index in [0.717, 1.165) is 33.3 Å². The van der Waals surface area contributed by atoms with Crippen LogP contribution in [0.3, 0.4) is 0 Å². The molecule has 216 valence electrons. The van der Waals surface area contributed by atoms with Crippen LogP contribution < -0.4 is 0 Å². The van der Waals surface area contributed by atoms with Crippen molar-refractivity contribution in [3.05, 3.63) is 155 Å². The van der Waals surface area contributed by atoms with Crippen molar-refractivity contribution >= 4 is 11.0 Å². The molecule has 0 saturated carbocycles. The van der Waals surface area contributed by atoms with Crippen molar-refractivity contribution in [1.29, 1.82) is 0 Å². The smallest absolute Gasteiger partial charge is 0.147 e. The van der Waals surface area contributed by atoms with Crippen molar-refractivity contribution in [3.63, 3.8) is 0 Å². The quantitative estimate of drug-likeness (QED) is 0.210. The Kier molecular flexibility index (Phi) is 6.96. The Labute approximate surface area is 254 Å². The molecule has 0 fully saturated rings. The number of hydrogen-bond acceptors (Lipinski definition) is 3. The Balaban J connectivity index is 1.53. The van der Waals surface area contributed by atoms with E-state index in [1.807, 2.05) is 42.5 Å². The fourth-order valence-corrected chi connectivity index (χ4v) is 6.07. The first-order valence-electron chi connectivity index (χ1n) is 14.9. The highest BCUT2D eigenvalue weighted by Gasteiger charge is 2.33. The van der Waals surface area contributed by atoms with Gasteiger partial charge in [0, 0.05) is 21.8 Å². The lowest BCUT2D eigenvalue weighted by Crippen LogP contribution is -2.24. The van der Waals surface area contributed by atoms with E-state index >= 15 is 0 Å². The molecule has 0 radical (unpaired) electrons. The predicted molar refractivity (Wildman–Crippen MR) is 176 cm³/mol. The maximum Gasteiger partial charge on any atom is 0.147 e. The molecular formula is C39H39N3O. The predicted octanol–water partition coefficient (Wildman–Crippen LogP) is 9.10. The van der Waals surface area contributed by atoms with Crippen molar-refractivity contribution < 1.29 is 5.11 Å². The van der Waals surface area contributed by atoms with Crippen LogP contribution in [-0.4, -0.2) is 20.1 Å². The molecule has 6 rings (SSSR count). The molecule has 1 N–H and O–H groups in total. The Hall–Kier alpha value is -4.70. The van der Waals surface area contributed by atoms with Crippen LogP contribution in [0.2, 0.25) is 0 Å². The minimum absolute atomic E-state index is 0.187. The van der Waals surface area contributed by atoms with Crippen molar-refractivity contribution in [2.75, 3.05) is 0 Å². The normalized spacial score (nSPS) is 12.5. The van der Waals surface area contributed by atoms with Crippen LogP contribution in [0.15, 0.2) is 121 Å². The highest BCUT2D eigenvalue weighted by atomic mass is 16.3. The first-order chi connectivity index (χ1) is 20.5. The van der Waals surface area contributed by atoms with E-state index in [0.29, 0.717) is 5.69 Å². The molecule has 0 aliphatic rings. The third-order valence-corrected chi connectivity index (χ3v) is 9.29. The summed E-state index contributed by atoms with van der Waals surface area (Å²) in [5.74, 6) is 0.187. The molecule has 0 aliphatic heterocycles. The van der Waals surface area contributed by atoms with Gasteiger partial charge in [-0.1, -0.05) is 145 Å². The molecule has 4 heteroatoms. The molecule has 1 heterocycles. The lowest BCUT2D eigenvalue weighted by atomic mass is 9.72. The van der Waals surface area contributed by atoms with Gasteiger partial charge in [0.1, 0.15) is 22.5 Å². The topological polar surface area (TPSA) is 50.9 Å². The summed E-state index contributed by atoms with van der Waals surface area (Å²) < 4.78 is 0. The van der Waals surface area contributed by atoms with Crippen LogP contribution in [0, 0.1) is 0 Å². The van der Waals surface area contributed by atoms with Gasteiger partial charge in [-0.05, 0) is 46.0 Å². The molecule has 1 aromatic heterocycles. The summed E-state index contributed by atoms with van der Waals surface area (Å²) >= 11 is 0. The van der Waals surface area contributed by atoms with Crippen molar-refractivity contribution in [2.45, 2.75) is 57.8 Å². The Bertz CT molecular complexity index is 1890. The first kappa shape index (κ1) is 28.4. The summed E-state index contributed by atoms with van der Waals surface area (Å²) in [4.78, 5) is 1.61. The number of benzene rings is 5. The van der Waals surface area contributed by atoms with Gasteiger partial charge in [-0.15, -0.1) is 15.0 Å². The lowest BCUT2D eigenvalue weighted by Gasteiger charge is -2.32. The van der Waals surface area contributed by atoms with Crippen molar-refractivity contribution in [2.24, 2.45) is 0 Å². The monoisotopic (exact) mass is 565 g/mol.